The number of para-hydroxylation sites is 1. The topological polar surface area (TPSA) is 84.8 Å². The van der Waals surface area contributed by atoms with Gasteiger partial charge < -0.3 is 20.1 Å². The van der Waals surface area contributed by atoms with Crippen molar-refractivity contribution in [3.05, 3.63) is 45.4 Å². The molecule has 0 saturated carbocycles. The van der Waals surface area contributed by atoms with E-state index in [0.29, 0.717) is 36.3 Å². The van der Waals surface area contributed by atoms with E-state index in [9.17, 15) is 4.79 Å². The lowest BCUT2D eigenvalue weighted by molar-refractivity contribution is 0.0531. The van der Waals surface area contributed by atoms with Crippen LogP contribution in [-0.2, 0) is 4.74 Å². The first kappa shape index (κ1) is 26.2. The molecular weight excluding hydrogens is 515 g/mol. The van der Waals surface area contributed by atoms with Crippen LogP contribution in [0.25, 0.3) is 0 Å². The molecule has 0 bridgehead atoms. The molecule has 0 aliphatic heterocycles. The lowest BCUT2D eigenvalue weighted by Gasteiger charge is -2.16. The van der Waals surface area contributed by atoms with E-state index in [0.717, 1.165) is 22.9 Å². The first-order valence-corrected chi connectivity index (χ1v) is 10.7. The average Bonchev–Trinajstić information content (AvgIpc) is 3.08. The number of carbonyl (C=O) groups is 1. The molecule has 0 aliphatic carbocycles. The molecule has 1 aromatic heterocycles. The molecule has 9 heteroatoms. The van der Waals surface area contributed by atoms with Crippen LogP contribution in [0.15, 0.2) is 29.3 Å². The molecule has 1 aromatic carbocycles. The number of ether oxygens (including phenoxy) is 2. The van der Waals surface area contributed by atoms with Gasteiger partial charge in [-0.25, -0.2) is 14.8 Å². The molecule has 0 fully saturated rings. The van der Waals surface area contributed by atoms with E-state index in [2.05, 4.69) is 20.6 Å². The van der Waals surface area contributed by atoms with Crippen molar-refractivity contribution in [1.29, 1.82) is 0 Å². The molecule has 2 rings (SSSR count). The van der Waals surface area contributed by atoms with E-state index in [1.807, 2.05) is 52.0 Å². The normalized spacial score (nSPS) is 12.0. The summed E-state index contributed by atoms with van der Waals surface area (Å²) in [7, 11) is 0. The molecule has 166 valence electrons. The van der Waals surface area contributed by atoms with Gasteiger partial charge in [-0.05, 0) is 46.2 Å². The summed E-state index contributed by atoms with van der Waals surface area (Å²) in [5.74, 6) is 1.23. The summed E-state index contributed by atoms with van der Waals surface area (Å²) in [6.07, 6.45) is 0. The number of carbonyl (C=O) groups excluding carboxylic acids is 1. The number of nitrogens with one attached hydrogen (secondary N) is 2. The molecule has 1 unspecified atom stereocenters. The maximum absolute atomic E-state index is 12.0. The third-order valence-electron chi connectivity index (χ3n) is 4.05. The number of hydrogen-bond acceptors (Lipinski definition) is 6. The van der Waals surface area contributed by atoms with Gasteiger partial charge in [0.25, 0.3) is 0 Å². The second-order valence-corrected chi connectivity index (χ2v) is 7.46. The van der Waals surface area contributed by atoms with Crippen LogP contribution in [0.5, 0.6) is 5.75 Å². The summed E-state index contributed by atoms with van der Waals surface area (Å²) in [4.78, 5) is 21.7. The van der Waals surface area contributed by atoms with Gasteiger partial charge in [-0.2, -0.15) is 0 Å². The Morgan fingerprint density at radius 2 is 2.00 bits per heavy atom. The Labute approximate surface area is 199 Å². The number of aryl methyl sites for hydroxylation is 2. The number of aliphatic imine (C=N–C) groups is 1. The second-order valence-electron chi connectivity index (χ2n) is 6.43. The Hall–Kier alpha value is -1.88. The largest absolute Gasteiger partial charge is 0.491 e. The summed E-state index contributed by atoms with van der Waals surface area (Å²) in [6, 6.07) is 7.82. The van der Waals surface area contributed by atoms with Crippen LogP contribution < -0.4 is 15.4 Å². The van der Waals surface area contributed by atoms with Crippen molar-refractivity contribution in [3.63, 3.8) is 0 Å². The molecule has 1 atom stereocenters. The highest BCUT2D eigenvalue weighted by atomic mass is 127. The summed E-state index contributed by atoms with van der Waals surface area (Å²) >= 11 is 1.35. The molecule has 7 nitrogen and oxygen atoms in total. The number of benzene rings is 1. The highest BCUT2D eigenvalue weighted by molar-refractivity contribution is 14.0. The van der Waals surface area contributed by atoms with Gasteiger partial charge in [-0.1, -0.05) is 18.2 Å². The first-order chi connectivity index (χ1) is 14.0. The molecular formula is C21H31IN4O3S. The van der Waals surface area contributed by atoms with Crippen LogP contribution >= 0.6 is 35.3 Å². The van der Waals surface area contributed by atoms with Crippen LogP contribution in [0.3, 0.4) is 0 Å². The zero-order chi connectivity index (χ0) is 21.2. The lowest BCUT2D eigenvalue weighted by atomic mass is 10.2. The number of thiazole rings is 1. The van der Waals surface area contributed by atoms with Crippen molar-refractivity contribution in [2.75, 3.05) is 26.3 Å². The highest BCUT2D eigenvalue weighted by Crippen LogP contribution is 2.24. The van der Waals surface area contributed by atoms with E-state index < -0.39 is 0 Å². The molecule has 1 heterocycles. The fraction of sp³-hybridized carbons (Fsp3) is 0.476. The van der Waals surface area contributed by atoms with Crippen molar-refractivity contribution in [2.45, 2.75) is 40.7 Å². The molecule has 0 aliphatic rings. The van der Waals surface area contributed by atoms with Crippen LogP contribution in [0.4, 0.5) is 0 Å². The van der Waals surface area contributed by atoms with Crippen molar-refractivity contribution in [3.8, 4) is 5.75 Å². The maximum atomic E-state index is 12.0. The number of nitrogens with zero attached hydrogens (tertiary/aromatic N) is 2. The third-order valence-corrected chi connectivity index (χ3v) is 5.37. The Balaban J connectivity index is 0.00000450. The molecule has 0 amide bonds. The zero-order valence-electron chi connectivity index (χ0n) is 18.2. The molecule has 2 N–H and O–H groups in total. The predicted octanol–water partition coefficient (Wildman–Crippen LogP) is 4.25. The van der Waals surface area contributed by atoms with Gasteiger partial charge in [-0.3, -0.25) is 0 Å². The predicted molar refractivity (Wildman–Crippen MR) is 132 cm³/mol. The number of rotatable bonds is 9. The van der Waals surface area contributed by atoms with E-state index in [1.165, 1.54) is 11.3 Å². The fourth-order valence-corrected chi connectivity index (χ4v) is 3.57. The number of hydrogen-bond donors (Lipinski definition) is 2. The van der Waals surface area contributed by atoms with Gasteiger partial charge in [0.15, 0.2) is 5.96 Å². The van der Waals surface area contributed by atoms with Crippen LogP contribution in [0, 0.1) is 13.8 Å². The Bertz CT molecular complexity index is 841. The van der Waals surface area contributed by atoms with Gasteiger partial charge >= 0.3 is 5.97 Å². The number of esters is 1. The highest BCUT2D eigenvalue weighted by Gasteiger charge is 2.20. The minimum absolute atomic E-state index is 0. The fourth-order valence-electron chi connectivity index (χ4n) is 2.61. The lowest BCUT2D eigenvalue weighted by Crippen LogP contribution is -2.39. The summed E-state index contributed by atoms with van der Waals surface area (Å²) in [5, 5.41) is 7.37. The van der Waals surface area contributed by atoms with E-state index >= 15 is 0 Å². The number of aromatic nitrogens is 1. The van der Waals surface area contributed by atoms with Gasteiger partial charge in [0.2, 0.25) is 0 Å². The van der Waals surface area contributed by atoms with Crippen molar-refractivity contribution in [2.24, 2.45) is 4.99 Å². The summed E-state index contributed by atoms with van der Waals surface area (Å²) in [6.45, 7) is 11.7. The minimum Gasteiger partial charge on any atom is -0.491 e. The summed E-state index contributed by atoms with van der Waals surface area (Å²) in [5.41, 5.74) is 1.79. The number of halogens is 1. The molecule has 0 saturated heterocycles. The zero-order valence-corrected chi connectivity index (χ0v) is 21.3. The Morgan fingerprint density at radius 1 is 1.27 bits per heavy atom. The minimum atomic E-state index is -0.324. The molecule has 0 radical (unpaired) electrons. The van der Waals surface area contributed by atoms with Crippen LogP contribution in [0.1, 0.15) is 52.7 Å². The van der Waals surface area contributed by atoms with Gasteiger partial charge in [-0.15, -0.1) is 35.3 Å². The molecule has 2 aromatic rings. The molecule has 30 heavy (non-hydrogen) atoms. The third kappa shape index (κ3) is 7.75. The van der Waals surface area contributed by atoms with Crippen LogP contribution in [0.2, 0.25) is 0 Å². The van der Waals surface area contributed by atoms with E-state index in [4.69, 9.17) is 9.47 Å². The first-order valence-electron chi connectivity index (χ1n) is 9.83. The Morgan fingerprint density at radius 3 is 2.67 bits per heavy atom. The second kappa shape index (κ2) is 13.4. The van der Waals surface area contributed by atoms with Gasteiger partial charge in [0, 0.05) is 6.54 Å². The van der Waals surface area contributed by atoms with E-state index in [-0.39, 0.29) is 36.0 Å². The summed E-state index contributed by atoms with van der Waals surface area (Å²) < 4.78 is 10.9. The van der Waals surface area contributed by atoms with Crippen molar-refractivity contribution < 1.29 is 14.3 Å². The van der Waals surface area contributed by atoms with Gasteiger partial charge in [0.05, 0.1) is 24.9 Å². The van der Waals surface area contributed by atoms with Gasteiger partial charge in [0.1, 0.15) is 22.2 Å². The standard InChI is InChI=1S/C21H30N4O3S.HI/c1-6-22-21(23-12-13-28-17-11-9-8-10-14(17)3)25-16(5)19-24-15(4)18(29-19)20(26)27-7-2;/h8-11,16H,6-7,12-13H2,1-5H3,(H2,22,23,25);1H. The van der Waals surface area contributed by atoms with Crippen LogP contribution in [-0.4, -0.2) is 43.2 Å². The maximum Gasteiger partial charge on any atom is 0.350 e. The SMILES string of the molecule is CCNC(=NCCOc1ccccc1C)NC(C)c1nc(C)c(C(=O)OCC)s1.I. The van der Waals surface area contributed by atoms with Crippen molar-refractivity contribution >= 4 is 47.2 Å². The smallest absolute Gasteiger partial charge is 0.350 e. The van der Waals surface area contributed by atoms with Crippen molar-refractivity contribution in [1.82, 2.24) is 15.6 Å². The monoisotopic (exact) mass is 546 g/mol. The average molecular weight is 546 g/mol. The quantitative estimate of drug-likeness (QED) is 0.161. The molecule has 0 spiro atoms. The number of guanidine groups is 1. The Kier molecular flexibility index (Phi) is 11.7. The van der Waals surface area contributed by atoms with E-state index in [1.54, 1.807) is 6.92 Å².